The average Bonchev–Trinajstić information content (AvgIpc) is 2.77. The first-order valence-electron chi connectivity index (χ1n) is 6.97. The molecule has 1 amide bonds. The SMILES string of the molecule is CN1C2CCCC1CC(NC(=O)c1cn[nH]c1N)C2. The van der Waals surface area contributed by atoms with Gasteiger partial charge in [-0.15, -0.1) is 0 Å². The number of rotatable bonds is 2. The van der Waals surface area contributed by atoms with E-state index < -0.39 is 0 Å². The standard InChI is InChI=1S/C13H21N5O/c1-18-9-3-2-4-10(18)6-8(5-9)16-13(19)11-7-15-17-12(11)14/h7-10H,2-6H2,1H3,(H,16,19)(H3,14,15,17). The second kappa shape index (κ2) is 4.85. The van der Waals surface area contributed by atoms with Crippen molar-refractivity contribution >= 4 is 11.7 Å². The molecule has 2 atom stereocenters. The molecule has 4 N–H and O–H groups in total. The maximum atomic E-state index is 12.1. The van der Waals surface area contributed by atoms with Gasteiger partial charge in [0.2, 0.25) is 0 Å². The van der Waals surface area contributed by atoms with Gasteiger partial charge >= 0.3 is 0 Å². The fraction of sp³-hybridized carbons (Fsp3) is 0.692. The van der Waals surface area contributed by atoms with E-state index in [0.717, 1.165) is 12.8 Å². The van der Waals surface area contributed by atoms with E-state index in [1.807, 2.05) is 0 Å². The van der Waals surface area contributed by atoms with Crippen molar-refractivity contribution in [1.29, 1.82) is 0 Å². The molecule has 0 radical (unpaired) electrons. The van der Waals surface area contributed by atoms with Gasteiger partial charge in [0.15, 0.2) is 0 Å². The van der Waals surface area contributed by atoms with E-state index in [1.165, 1.54) is 25.5 Å². The normalized spacial score (nSPS) is 31.1. The summed E-state index contributed by atoms with van der Waals surface area (Å²) in [5, 5.41) is 9.48. The molecule has 19 heavy (non-hydrogen) atoms. The second-order valence-electron chi connectivity index (χ2n) is 5.74. The fourth-order valence-corrected chi connectivity index (χ4v) is 3.47. The van der Waals surface area contributed by atoms with E-state index in [0.29, 0.717) is 23.5 Å². The number of H-pyrrole nitrogens is 1. The summed E-state index contributed by atoms with van der Waals surface area (Å²) < 4.78 is 0. The van der Waals surface area contributed by atoms with Gasteiger partial charge in [0.1, 0.15) is 11.4 Å². The predicted octanol–water partition coefficient (Wildman–Crippen LogP) is 0.737. The number of hydrogen-bond donors (Lipinski definition) is 3. The first kappa shape index (κ1) is 12.5. The van der Waals surface area contributed by atoms with Gasteiger partial charge in [-0.2, -0.15) is 5.10 Å². The maximum absolute atomic E-state index is 12.1. The van der Waals surface area contributed by atoms with E-state index in [1.54, 1.807) is 0 Å². The number of piperidine rings is 2. The molecule has 2 fully saturated rings. The molecule has 6 heteroatoms. The topological polar surface area (TPSA) is 87.0 Å². The van der Waals surface area contributed by atoms with Crippen molar-refractivity contribution in [3.05, 3.63) is 11.8 Å². The minimum Gasteiger partial charge on any atom is -0.383 e. The third-order valence-electron chi connectivity index (χ3n) is 4.59. The maximum Gasteiger partial charge on any atom is 0.256 e. The Morgan fingerprint density at radius 1 is 1.47 bits per heavy atom. The van der Waals surface area contributed by atoms with E-state index in [-0.39, 0.29) is 11.9 Å². The zero-order valence-corrected chi connectivity index (χ0v) is 11.2. The molecule has 3 heterocycles. The summed E-state index contributed by atoms with van der Waals surface area (Å²) in [7, 11) is 2.21. The number of nitrogens with one attached hydrogen (secondary N) is 2. The molecule has 0 aromatic carbocycles. The van der Waals surface area contributed by atoms with Crippen LogP contribution in [0.5, 0.6) is 0 Å². The molecule has 104 valence electrons. The van der Waals surface area contributed by atoms with Crippen molar-refractivity contribution in [3.63, 3.8) is 0 Å². The van der Waals surface area contributed by atoms with Gasteiger partial charge in [-0.05, 0) is 32.7 Å². The summed E-state index contributed by atoms with van der Waals surface area (Å²) >= 11 is 0. The van der Waals surface area contributed by atoms with Crippen LogP contribution < -0.4 is 11.1 Å². The number of carbonyl (C=O) groups excluding carboxylic acids is 1. The molecule has 3 rings (SSSR count). The zero-order chi connectivity index (χ0) is 13.4. The van der Waals surface area contributed by atoms with Crippen LogP contribution in [0.25, 0.3) is 0 Å². The molecule has 2 aliphatic heterocycles. The highest BCUT2D eigenvalue weighted by Crippen LogP contribution is 2.32. The number of aromatic nitrogens is 2. The van der Waals surface area contributed by atoms with Gasteiger partial charge in [0.25, 0.3) is 5.91 Å². The zero-order valence-electron chi connectivity index (χ0n) is 11.2. The van der Waals surface area contributed by atoms with E-state index in [4.69, 9.17) is 5.73 Å². The van der Waals surface area contributed by atoms with E-state index >= 15 is 0 Å². The van der Waals surface area contributed by atoms with Crippen molar-refractivity contribution in [1.82, 2.24) is 20.4 Å². The summed E-state index contributed by atoms with van der Waals surface area (Å²) in [6.07, 6.45) is 7.36. The lowest BCUT2D eigenvalue weighted by atomic mass is 9.82. The van der Waals surface area contributed by atoms with Gasteiger partial charge in [0, 0.05) is 18.1 Å². The fourth-order valence-electron chi connectivity index (χ4n) is 3.47. The van der Waals surface area contributed by atoms with Crippen LogP contribution in [0, 0.1) is 0 Å². The van der Waals surface area contributed by atoms with Crippen LogP contribution >= 0.6 is 0 Å². The third kappa shape index (κ3) is 2.32. The third-order valence-corrected chi connectivity index (χ3v) is 4.59. The molecule has 6 nitrogen and oxygen atoms in total. The summed E-state index contributed by atoms with van der Waals surface area (Å²) in [5.74, 6) is 0.226. The van der Waals surface area contributed by atoms with Crippen molar-refractivity contribution in [3.8, 4) is 0 Å². The molecular formula is C13H21N5O. The van der Waals surface area contributed by atoms with E-state index in [9.17, 15) is 4.79 Å². The van der Waals surface area contributed by atoms with Crippen LogP contribution in [-0.4, -0.2) is 46.2 Å². The lowest BCUT2D eigenvalue weighted by molar-refractivity contribution is 0.0463. The number of nitrogens with zero attached hydrogens (tertiary/aromatic N) is 2. The summed E-state index contributed by atoms with van der Waals surface area (Å²) in [6.45, 7) is 0. The highest BCUT2D eigenvalue weighted by molar-refractivity contribution is 5.98. The number of anilines is 1. The Labute approximate surface area is 112 Å². The molecule has 1 aromatic rings. The first-order valence-corrected chi connectivity index (χ1v) is 6.97. The predicted molar refractivity (Wildman–Crippen MR) is 72.7 cm³/mol. The van der Waals surface area contributed by atoms with Crippen molar-refractivity contribution in [2.45, 2.75) is 50.2 Å². The van der Waals surface area contributed by atoms with Gasteiger partial charge in [-0.3, -0.25) is 9.89 Å². The molecule has 2 saturated heterocycles. The highest BCUT2D eigenvalue weighted by Gasteiger charge is 2.36. The Hall–Kier alpha value is -1.56. The van der Waals surface area contributed by atoms with Gasteiger partial charge < -0.3 is 16.0 Å². The lowest BCUT2D eigenvalue weighted by Crippen LogP contribution is -2.55. The number of amides is 1. The van der Waals surface area contributed by atoms with Crippen molar-refractivity contribution in [2.24, 2.45) is 0 Å². The Morgan fingerprint density at radius 3 is 2.74 bits per heavy atom. The summed E-state index contributed by atoms with van der Waals surface area (Å²) in [5.41, 5.74) is 6.12. The first-order chi connectivity index (χ1) is 9.15. The van der Waals surface area contributed by atoms with Gasteiger partial charge in [-0.1, -0.05) is 6.42 Å². The van der Waals surface area contributed by atoms with Crippen molar-refractivity contribution in [2.75, 3.05) is 12.8 Å². The van der Waals surface area contributed by atoms with Crippen LogP contribution in [0.4, 0.5) is 5.82 Å². The quantitative estimate of drug-likeness (QED) is 0.734. The molecule has 2 aliphatic rings. The Bertz CT molecular complexity index is 457. The van der Waals surface area contributed by atoms with Gasteiger partial charge in [-0.25, -0.2) is 0 Å². The number of fused-ring (bicyclic) bond motifs is 2. The summed E-state index contributed by atoms with van der Waals surface area (Å²) in [4.78, 5) is 14.6. The van der Waals surface area contributed by atoms with Crippen LogP contribution in [0.2, 0.25) is 0 Å². The number of carbonyl (C=O) groups is 1. The van der Waals surface area contributed by atoms with Crippen LogP contribution in [0.3, 0.4) is 0 Å². The summed E-state index contributed by atoms with van der Waals surface area (Å²) in [6, 6.07) is 1.48. The minimum atomic E-state index is -0.112. The number of aromatic amines is 1. The van der Waals surface area contributed by atoms with Crippen molar-refractivity contribution < 1.29 is 4.79 Å². The minimum absolute atomic E-state index is 0.112. The largest absolute Gasteiger partial charge is 0.383 e. The Balaban J connectivity index is 1.65. The molecule has 0 spiro atoms. The van der Waals surface area contributed by atoms with Crippen LogP contribution in [0.1, 0.15) is 42.5 Å². The Morgan fingerprint density at radius 2 is 2.16 bits per heavy atom. The smallest absolute Gasteiger partial charge is 0.256 e. The molecule has 2 bridgehead atoms. The second-order valence-corrected chi connectivity index (χ2v) is 5.74. The molecular weight excluding hydrogens is 242 g/mol. The molecule has 2 unspecified atom stereocenters. The molecule has 0 aliphatic carbocycles. The highest BCUT2D eigenvalue weighted by atomic mass is 16.1. The number of hydrogen-bond acceptors (Lipinski definition) is 4. The average molecular weight is 263 g/mol. The van der Waals surface area contributed by atoms with E-state index in [2.05, 4.69) is 27.5 Å². The molecule has 1 aromatic heterocycles. The number of nitrogens with two attached hydrogens (primary N) is 1. The number of nitrogen functional groups attached to an aromatic ring is 1. The van der Waals surface area contributed by atoms with Crippen LogP contribution in [-0.2, 0) is 0 Å². The van der Waals surface area contributed by atoms with Crippen LogP contribution in [0.15, 0.2) is 6.20 Å². The monoisotopic (exact) mass is 263 g/mol. The Kier molecular flexibility index (Phi) is 3.18. The lowest BCUT2D eigenvalue weighted by Gasteiger charge is -2.47. The van der Waals surface area contributed by atoms with Gasteiger partial charge in [0.05, 0.1) is 6.20 Å². The molecule has 0 saturated carbocycles.